The van der Waals surface area contributed by atoms with Crippen LogP contribution in [0, 0.1) is 0 Å². The van der Waals surface area contributed by atoms with E-state index in [-0.39, 0.29) is 10.8 Å². The first-order chi connectivity index (χ1) is 9.47. The second kappa shape index (κ2) is 5.87. The van der Waals surface area contributed by atoms with Gasteiger partial charge in [0.1, 0.15) is 0 Å². The summed E-state index contributed by atoms with van der Waals surface area (Å²) in [7, 11) is 0. The molecule has 0 saturated heterocycles. The van der Waals surface area contributed by atoms with Gasteiger partial charge in [0.2, 0.25) is 0 Å². The lowest BCUT2D eigenvalue weighted by atomic mass is 10.3. The van der Waals surface area contributed by atoms with Crippen molar-refractivity contribution in [2.45, 2.75) is 6.18 Å². The minimum atomic E-state index is -4.48. The first-order valence-corrected chi connectivity index (χ1v) is 5.76. The van der Waals surface area contributed by atoms with Gasteiger partial charge in [0.05, 0.1) is 16.8 Å². The third-order valence-corrected chi connectivity index (χ3v) is 2.55. The first kappa shape index (κ1) is 14.3. The van der Waals surface area contributed by atoms with E-state index >= 15 is 0 Å². The van der Waals surface area contributed by atoms with Crippen molar-refractivity contribution in [3.63, 3.8) is 0 Å². The summed E-state index contributed by atoms with van der Waals surface area (Å²) in [5.74, 6) is 0.0463. The molecule has 0 saturated carbocycles. The van der Waals surface area contributed by atoms with Crippen LogP contribution in [-0.4, -0.2) is 16.2 Å². The predicted molar refractivity (Wildman–Crippen MR) is 69.7 cm³/mol. The highest BCUT2D eigenvalue weighted by Crippen LogP contribution is 2.32. The fourth-order valence-electron chi connectivity index (χ4n) is 1.29. The van der Waals surface area contributed by atoms with Gasteiger partial charge in [0, 0.05) is 18.6 Å². The van der Waals surface area contributed by atoms with Crippen LogP contribution in [0.4, 0.5) is 19.0 Å². The van der Waals surface area contributed by atoms with E-state index in [4.69, 9.17) is 11.6 Å². The Morgan fingerprint density at radius 3 is 2.55 bits per heavy atom. The third-order valence-electron chi connectivity index (χ3n) is 2.26. The molecule has 0 aliphatic carbocycles. The molecule has 4 nitrogen and oxygen atoms in total. The summed E-state index contributed by atoms with van der Waals surface area (Å²) in [5, 5.41) is 3.67. The van der Waals surface area contributed by atoms with E-state index < -0.39 is 11.7 Å². The molecule has 8 heteroatoms. The molecule has 0 unspecified atom stereocenters. The molecule has 2 aromatic heterocycles. The highest BCUT2D eigenvalue weighted by molar-refractivity contribution is 6.32. The second-order valence-electron chi connectivity index (χ2n) is 3.70. The van der Waals surface area contributed by atoms with Crippen molar-refractivity contribution >= 4 is 23.6 Å². The minimum Gasteiger partial charge on any atom is -0.265 e. The van der Waals surface area contributed by atoms with Crippen LogP contribution in [0.5, 0.6) is 0 Å². The van der Waals surface area contributed by atoms with Gasteiger partial charge in [-0.05, 0) is 23.8 Å². The standard InChI is InChI=1S/C12H8ClF3N4/c13-10-5-9(12(14,15)16)7-18-11(10)20-19-6-8-1-3-17-4-2-8/h1-7H,(H,18,20)/b19-6-. The number of hydrogen-bond donors (Lipinski definition) is 1. The quantitative estimate of drug-likeness (QED) is 0.696. The Balaban J connectivity index is 2.09. The van der Waals surface area contributed by atoms with E-state index in [2.05, 4.69) is 20.5 Å². The van der Waals surface area contributed by atoms with Gasteiger partial charge in [-0.15, -0.1) is 0 Å². The zero-order valence-electron chi connectivity index (χ0n) is 9.89. The van der Waals surface area contributed by atoms with Gasteiger partial charge in [-0.2, -0.15) is 18.3 Å². The number of aromatic nitrogens is 2. The Labute approximate surface area is 117 Å². The van der Waals surface area contributed by atoms with Gasteiger partial charge in [0.25, 0.3) is 0 Å². The van der Waals surface area contributed by atoms with Crippen molar-refractivity contribution < 1.29 is 13.2 Å². The van der Waals surface area contributed by atoms with Crippen molar-refractivity contribution in [2.24, 2.45) is 5.10 Å². The fraction of sp³-hybridized carbons (Fsp3) is 0.0833. The zero-order chi connectivity index (χ0) is 14.6. The molecular weight excluding hydrogens is 293 g/mol. The maximum Gasteiger partial charge on any atom is 0.417 e. The van der Waals surface area contributed by atoms with Crippen molar-refractivity contribution in [2.75, 3.05) is 5.43 Å². The van der Waals surface area contributed by atoms with Crippen molar-refractivity contribution in [3.05, 3.63) is 52.9 Å². The number of nitrogens with one attached hydrogen (secondary N) is 1. The number of hydrogen-bond acceptors (Lipinski definition) is 4. The minimum absolute atomic E-state index is 0.0463. The molecule has 2 heterocycles. The fourth-order valence-corrected chi connectivity index (χ4v) is 1.50. The summed E-state index contributed by atoms with van der Waals surface area (Å²) in [4.78, 5) is 7.42. The van der Waals surface area contributed by atoms with Crippen LogP contribution in [0.1, 0.15) is 11.1 Å². The summed E-state index contributed by atoms with van der Waals surface area (Å²) >= 11 is 5.71. The number of halogens is 4. The average Bonchev–Trinajstić information content (AvgIpc) is 2.40. The lowest BCUT2D eigenvalue weighted by Crippen LogP contribution is -2.06. The van der Waals surface area contributed by atoms with Crippen LogP contribution >= 0.6 is 11.6 Å². The van der Waals surface area contributed by atoms with Crippen LogP contribution in [0.2, 0.25) is 5.02 Å². The van der Waals surface area contributed by atoms with E-state index in [1.807, 2.05) is 0 Å². The number of hydrazone groups is 1. The summed E-state index contributed by atoms with van der Waals surface area (Å²) in [6.45, 7) is 0. The molecule has 104 valence electrons. The largest absolute Gasteiger partial charge is 0.417 e. The number of pyridine rings is 2. The molecule has 0 aliphatic rings. The van der Waals surface area contributed by atoms with Crippen LogP contribution in [0.15, 0.2) is 41.9 Å². The Bertz CT molecular complexity index is 614. The zero-order valence-corrected chi connectivity index (χ0v) is 10.7. The molecule has 0 radical (unpaired) electrons. The molecule has 0 amide bonds. The normalized spacial score (nSPS) is 11.8. The number of alkyl halides is 3. The van der Waals surface area contributed by atoms with E-state index in [9.17, 15) is 13.2 Å². The van der Waals surface area contributed by atoms with E-state index in [0.717, 1.165) is 11.6 Å². The molecule has 0 spiro atoms. The van der Waals surface area contributed by atoms with Crippen molar-refractivity contribution in [3.8, 4) is 0 Å². The molecule has 2 rings (SSSR count). The van der Waals surface area contributed by atoms with E-state index in [1.165, 1.54) is 6.21 Å². The van der Waals surface area contributed by atoms with Gasteiger partial charge < -0.3 is 0 Å². The van der Waals surface area contributed by atoms with Crippen LogP contribution < -0.4 is 5.43 Å². The van der Waals surface area contributed by atoms with Crippen LogP contribution in [0.25, 0.3) is 0 Å². The SMILES string of the molecule is FC(F)(F)c1cnc(N/N=C\c2ccncc2)c(Cl)c1. The average molecular weight is 301 g/mol. The van der Waals surface area contributed by atoms with Crippen LogP contribution in [-0.2, 0) is 6.18 Å². The molecule has 0 fully saturated rings. The Morgan fingerprint density at radius 1 is 1.25 bits per heavy atom. The second-order valence-corrected chi connectivity index (χ2v) is 4.11. The topological polar surface area (TPSA) is 50.2 Å². The Kier molecular flexibility index (Phi) is 4.19. The van der Waals surface area contributed by atoms with Crippen molar-refractivity contribution in [1.82, 2.24) is 9.97 Å². The predicted octanol–water partition coefficient (Wildman–Crippen LogP) is 3.59. The van der Waals surface area contributed by atoms with Gasteiger partial charge in [0.15, 0.2) is 5.82 Å². The Morgan fingerprint density at radius 2 is 1.95 bits per heavy atom. The molecule has 0 bridgehead atoms. The monoisotopic (exact) mass is 300 g/mol. The Hall–Kier alpha value is -2.15. The highest BCUT2D eigenvalue weighted by atomic mass is 35.5. The summed E-state index contributed by atoms with van der Waals surface area (Å²) < 4.78 is 37.3. The number of rotatable bonds is 3. The molecule has 20 heavy (non-hydrogen) atoms. The van der Waals surface area contributed by atoms with E-state index in [1.54, 1.807) is 24.5 Å². The maximum absolute atomic E-state index is 12.4. The number of nitrogens with zero attached hydrogens (tertiary/aromatic N) is 3. The lowest BCUT2D eigenvalue weighted by molar-refractivity contribution is -0.137. The molecule has 0 aromatic carbocycles. The first-order valence-electron chi connectivity index (χ1n) is 5.38. The maximum atomic E-state index is 12.4. The van der Waals surface area contributed by atoms with Gasteiger partial charge in [-0.25, -0.2) is 4.98 Å². The molecular formula is C12H8ClF3N4. The van der Waals surface area contributed by atoms with Gasteiger partial charge in [-0.3, -0.25) is 10.4 Å². The van der Waals surface area contributed by atoms with Crippen LogP contribution in [0.3, 0.4) is 0 Å². The molecule has 0 aliphatic heterocycles. The molecule has 2 aromatic rings. The smallest absolute Gasteiger partial charge is 0.265 e. The summed E-state index contributed by atoms with van der Waals surface area (Å²) in [5.41, 5.74) is 2.34. The molecule has 0 atom stereocenters. The number of anilines is 1. The van der Waals surface area contributed by atoms with Gasteiger partial charge in [-0.1, -0.05) is 11.6 Å². The van der Waals surface area contributed by atoms with Crippen molar-refractivity contribution in [1.29, 1.82) is 0 Å². The lowest BCUT2D eigenvalue weighted by Gasteiger charge is -2.08. The molecule has 1 N–H and O–H groups in total. The van der Waals surface area contributed by atoms with Gasteiger partial charge >= 0.3 is 6.18 Å². The summed E-state index contributed by atoms with van der Waals surface area (Å²) in [6, 6.07) is 4.22. The third kappa shape index (κ3) is 3.67. The van der Waals surface area contributed by atoms with E-state index in [0.29, 0.717) is 6.20 Å². The summed E-state index contributed by atoms with van der Waals surface area (Å²) in [6.07, 6.45) is 0.860. The highest BCUT2D eigenvalue weighted by Gasteiger charge is 2.31.